The molecule has 0 N–H and O–H groups in total. The number of rotatable bonds is 7. The lowest BCUT2D eigenvalue weighted by atomic mass is 10.00. The minimum absolute atomic E-state index is 0.00255. The molecule has 0 amide bonds. The third-order valence-electron chi connectivity index (χ3n) is 7.96. The smallest absolute Gasteiger partial charge is 0.292 e. The van der Waals surface area contributed by atoms with Gasteiger partial charge >= 0.3 is 0 Å². The summed E-state index contributed by atoms with van der Waals surface area (Å²) in [6, 6.07) is 16.1. The zero-order valence-electron chi connectivity index (χ0n) is 23.4. The molecule has 2 aromatic heterocycles. The molecule has 0 saturated carbocycles. The highest BCUT2D eigenvalue weighted by Crippen LogP contribution is 2.49. The van der Waals surface area contributed by atoms with Crippen molar-refractivity contribution in [3.8, 4) is 22.6 Å². The summed E-state index contributed by atoms with van der Waals surface area (Å²) in [4.78, 5) is 21.1. The van der Waals surface area contributed by atoms with E-state index in [1.54, 1.807) is 55.5 Å². The summed E-state index contributed by atoms with van der Waals surface area (Å²) in [5, 5.41) is 0.467. The number of hydrogen-bond acceptors (Lipinski definition) is 6. The van der Waals surface area contributed by atoms with Crippen molar-refractivity contribution < 1.29 is 27.8 Å². The molecule has 10 heteroatoms. The summed E-state index contributed by atoms with van der Waals surface area (Å²) >= 11 is 5.99. The van der Waals surface area contributed by atoms with E-state index in [0.717, 1.165) is 11.9 Å². The van der Waals surface area contributed by atoms with Gasteiger partial charge in [0.2, 0.25) is 0 Å². The summed E-state index contributed by atoms with van der Waals surface area (Å²) in [5.41, 5.74) is 3.01. The third kappa shape index (κ3) is 4.92. The minimum Gasteiger partial charge on any atom is -0.443 e. The second-order valence-corrected chi connectivity index (χ2v) is 11.4. The summed E-state index contributed by atoms with van der Waals surface area (Å²) in [6.45, 7) is 4.39. The number of carbonyl (C=O) groups is 1. The molecule has 2 aliphatic heterocycles. The van der Waals surface area contributed by atoms with E-state index < -0.39 is 17.4 Å². The first kappa shape index (κ1) is 27.5. The maximum absolute atomic E-state index is 15.8. The van der Waals surface area contributed by atoms with Crippen LogP contribution in [0.4, 0.5) is 8.78 Å². The molecule has 0 unspecified atom stereocenters. The molecule has 0 radical (unpaired) electrons. The summed E-state index contributed by atoms with van der Waals surface area (Å²) in [6.07, 6.45) is 2.43. The predicted octanol–water partition coefficient (Wildman–Crippen LogP) is 7.26. The molecule has 7 rings (SSSR count). The van der Waals surface area contributed by atoms with Crippen LogP contribution in [-0.2, 0) is 23.5 Å². The lowest BCUT2D eigenvalue weighted by Crippen LogP contribution is -2.32. The first-order chi connectivity index (χ1) is 20.7. The van der Waals surface area contributed by atoms with Crippen LogP contribution in [0.15, 0.2) is 66.9 Å². The van der Waals surface area contributed by atoms with Gasteiger partial charge in [-0.2, -0.15) is 0 Å². The summed E-state index contributed by atoms with van der Waals surface area (Å²) < 4.78 is 51.4. The largest absolute Gasteiger partial charge is 0.443 e. The SMILES string of the molecule is CC(=O)c1ccc2nc(Cc3cc(F)c(-c4cccc5c4O[C@@](C)(c4ccc(Cl)cn4)O5)cc3F)n(C[C@@H]3CCO3)c2c1. The number of nitrogens with zero attached hydrogens (tertiary/aromatic N) is 3. The number of pyridine rings is 1. The molecular weight excluding hydrogens is 576 g/mol. The van der Waals surface area contributed by atoms with E-state index in [2.05, 4.69) is 4.98 Å². The van der Waals surface area contributed by atoms with Gasteiger partial charge in [0, 0.05) is 42.8 Å². The Bertz CT molecular complexity index is 1910. The standard InChI is InChI=1S/C33H26ClF2N3O4/c1-18(40)19-6-8-27-28(13-19)39(17-22-10-11-41-22)31(38-27)14-20-12-26(36)24(15-25(20)35)23-4-3-5-29-32(23)43-33(2,42-29)30-9-7-21(34)16-37-30/h3-9,12-13,15-16,22H,10-11,14,17H2,1-2H3/t22-,33-/m0/s1. The molecule has 7 nitrogen and oxygen atoms in total. The van der Waals surface area contributed by atoms with Gasteiger partial charge in [0.1, 0.15) is 23.2 Å². The Labute approximate surface area is 251 Å². The van der Waals surface area contributed by atoms with Crippen LogP contribution in [0.3, 0.4) is 0 Å². The van der Waals surface area contributed by atoms with Crippen molar-refractivity contribution in [1.82, 2.24) is 14.5 Å². The van der Waals surface area contributed by atoms with E-state index in [1.807, 2.05) is 4.57 Å². The number of halogens is 3. The topological polar surface area (TPSA) is 75.5 Å². The van der Waals surface area contributed by atoms with E-state index in [4.69, 9.17) is 30.8 Å². The highest BCUT2D eigenvalue weighted by Gasteiger charge is 2.41. The number of hydrogen-bond donors (Lipinski definition) is 0. The lowest BCUT2D eigenvalue weighted by Gasteiger charge is -2.27. The van der Waals surface area contributed by atoms with Crippen LogP contribution in [-0.4, -0.2) is 33.0 Å². The van der Waals surface area contributed by atoms with E-state index in [1.165, 1.54) is 25.3 Å². The van der Waals surface area contributed by atoms with Gasteiger partial charge in [0.15, 0.2) is 17.3 Å². The quantitative estimate of drug-likeness (QED) is 0.183. The van der Waals surface area contributed by atoms with Crippen molar-refractivity contribution >= 4 is 28.4 Å². The molecular formula is C33H26ClF2N3O4. The van der Waals surface area contributed by atoms with Crippen LogP contribution in [0.25, 0.3) is 22.2 Å². The fourth-order valence-electron chi connectivity index (χ4n) is 5.55. The molecule has 2 atom stereocenters. The van der Waals surface area contributed by atoms with Crippen molar-refractivity contribution in [1.29, 1.82) is 0 Å². The van der Waals surface area contributed by atoms with E-state index in [-0.39, 0.29) is 35.2 Å². The first-order valence-electron chi connectivity index (χ1n) is 13.9. The number of carbonyl (C=O) groups excluding carboxylic acids is 1. The van der Waals surface area contributed by atoms with Crippen LogP contribution < -0.4 is 9.47 Å². The van der Waals surface area contributed by atoms with Crippen LogP contribution in [0, 0.1) is 11.6 Å². The number of ether oxygens (including phenoxy) is 3. The zero-order valence-corrected chi connectivity index (χ0v) is 24.1. The van der Waals surface area contributed by atoms with Crippen LogP contribution in [0.5, 0.6) is 11.5 Å². The molecule has 0 aliphatic carbocycles. The number of benzene rings is 3. The molecule has 0 bridgehead atoms. The van der Waals surface area contributed by atoms with Gasteiger partial charge in [-0.3, -0.25) is 9.78 Å². The number of fused-ring (bicyclic) bond motifs is 2. The Kier molecular flexibility index (Phi) is 6.67. The lowest BCUT2D eigenvalue weighted by molar-refractivity contribution is -0.0715. The Morgan fingerprint density at radius 2 is 1.91 bits per heavy atom. The van der Waals surface area contributed by atoms with Crippen molar-refractivity contribution in [2.24, 2.45) is 0 Å². The van der Waals surface area contributed by atoms with Gasteiger partial charge in [0.05, 0.1) is 28.7 Å². The molecule has 1 fully saturated rings. The second-order valence-electron chi connectivity index (χ2n) is 10.9. The van der Waals surface area contributed by atoms with Crippen molar-refractivity contribution in [2.75, 3.05) is 6.61 Å². The van der Waals surface area contributed by atoms with E-state index in [0.29, 0.717) is 52.1 Å². The summed E-state index contributed by atoms with van der Waals surface area (Å²) in [5.74, 6) is -1.31. The molecule has 4 heterocycles. The third-order valence-corrected chi connectivity index (χ3v) is 8.18. The van der Waals surface area contributed by atoms with Gasteiger partial charge in [-0.05, 0) is 67.4 Å². The Hall–Kier alpha value is -4.34. The monoisotopic (exact) mass is 601 g/mol. The number of aromatic nitrogens is 3. The highest BCUT2D eigenvalue weighted by molar-refractivity contribution is 6.30. The number of Topliss-reactive ketones (excluding diaryl/α,β-unsaturated/α-hetero) is 1. The Morgan fingerprint density at radius 3 is 2.63 bits per heavy atom. The molecule has 43 heavy (non-hydrogen) atoms. The Balaban J connectivity index is 1.23. The normalized spacial score (nSPS) is 19.0. The van der Waals surface area contributed by atoms with Crippen LogP contribution in [0.1, 0.15) is 47.7 Å². The Morgan fingerprint density at radius 1 is 1.07 bits per heavy atom. The maximum atomic E-state index is 15.8. The number of ketones is 1. The zero-order chi connectivity index (χ0) is 29.9. The van der Waals surface area contributed by atoms with Crippen molar-refractivity contribution in [2.45, 2.75) is 45.1 Å². The van der Waals surface area contributed by atoms with E-state index >= 15 is 8.78 Å². The van der Waals surface area contributed by atoms with Gasteiger partial charge in [-0.25, -0.2) is 13.8 Å². The molecule has 218 valence electrons. The average molecular weight is 602 g/mol. The van der Waals surface area contributed by atoms with Gasteiger partial charge in [0.25, 0.3) is 5.79 Å². The fraction of sp³-hybridized carbons (Fsp3) is 0.242. The van der Waals surface area contributed by atoms with Gasteiger partial charge in [-0.15, -0.1) is 0 Å². The molecule has 5 aromatic rings. The summed E-state index contributed by atoms with van der Waals surface area (Å²) in [7, 11) is 0. The number of imidazole rings is 1. The molecule has 2 aliphatic rings. The first-order valence-corrected chi connectivity index (χ1v) is 14.3. The van der Waals surface area contributed by atoms with Crippen molar-refractivity contribution in [3.05, 3.63) is 106 Å². The van der Waals surface area contributed by atoms with Gasteiger partial charge in [-0.1, -0.05) is 23.7 Å². The van der Waals surface area contributed by atoms with E-state index in [9.17, 15) is 4.79 Å². The molecule has 1 saturated heterocycles. The maximum Gasteiger partial charge on any atom is 0.292 e. The minimum atomic E-state index is -1.27. The molecule has 3 aromatic carbocycles. The number of para-hydroxylation sites is 1. The van der Waals surface area contributed by atoms with Gasteiger partial charge < -0.3 is 18.8 Å². The van der Waals surface area contributed by atoms with Crippen LogP contribution >= 0.6 is 11.6 Å². The highest BCUT2D eigenvalue weighted by atomic mass is 35.5. The second kappa shape index (κ2) is 10.4. The van der Waals surface area contributed by atoms with Crippen LogP contribution in [0.2, 0.25) is 5.02 Å². The van der Waals surface area contributed by atoms with Crippen molar-refractivity contribution in [3.63, 3.8) is 0 Å². The fourth-order valence-corrected chi connectivity index (χ4v) is 5.66. The molecule has 0 spiro atoms. The average Bonchev–Trinajstić information content (AvgIpc) is 3.49. The predicted molar refractivity (Wildman–Crippen MR) is 157 cm³/mol.